The lowest BCUT2D eigenvalue weighted by molar-refractivity contribution is 0.253. The van der Waals surface area contributed by atoms with Crippen LogP contribution in [0.5, 0.6) is 0 Å². The van der Waals surface area contributed by atoms with Crippen LogP contribution in [0.2, 0.25) is 0 Å². The largest absolute Gasteiger partial charge is 0.306 e. The van der Waals surface area contributed by atoms with Gasteiger partial charge in [0.1, 0.15) is 0 Å². The van der Waals surface area contributed by atoms with Crippen LogP contribution in [0.3, 0.4) is 0 Å². The quantitative estimate of drug-likeness (QED) is 0.628. The molecule has 0 spiro atoms. The Hall–Kier alpha value is 0.310. The normalized spacial score (nSPS) is 14.2. The van der Waals surface area contributed by atoms with Crippen LogP contribution in [-0.2, 0) is 0 Å². The molecule has 0 amide bonds. The monoisotopic (exact) mass is 189 g/mol. The van der Waals surface area contributed by atoms with E-state index in [2.05, 4.69) is 45.3 Å². The van der Waals surface area contributed by atoms with Gasteiger partial charge in [0.25, 0.3) is 0 Å². The second-order valence-corrected chi connectivity index (χ2v) is 4.31. The first-order chi connectivity index (χ1) is 5.61. The maximum absolute atomic E-state index is 4.37. The van der Waals surface area contributed by atoms with Gasteiger partial charge in [-0.3, -0.25) is 0 Å². The molecule has 0 aromatic carbocycles. The molecule has 0 saturated carbocycles. The van der Waals surface area contributed by atoms with Crippen molar-refractivity contribution >= 4 is 12.6 Å². The summed E-state index contributed by atoms with van der Waals surface area (Å²) in [5.74, 6) is 2.50. The van der Waals surface area contributed by atoms with Crippen molar-refractivity contribution < 1.29 is 0 Å². The zero-order valence-corrected chi connectivity index (χ0v) is 9.77. The highest BCUT2D eigenvalue weighted by Crippen LogP contribution is 2.13. The summed E-state index contributed by atoms with van der Waals surface area (Å²) in [6, 6.07) is 0. The average Bonchev–Trinajstić information content (AvgIpc) is 2.00. The molecule has 2 heteroatoms. The van der Waals surface area contributed by atoms with Crippen LogP contribution in [0.25, 0.3) is 0 Å². The molecule has 0 aliphatic carbocycles. The van der Waals surface area contributed by atoms with E-state index >= 15 is 0 Å². The SMILES string of the molecule is CCCN(C)CC(CS)C(C)C. The molecule has 0 N–H and O–H groups in total. The zero-order chi connectivity index (χ0) is 9.56. The maximum atomic E-state index is 4.37. The number of nitrogens with zero attached hydrogens (tertiary/aromatic N) is 1. The van der Waals surface area contributed by atoms with Crippen molar-refractivity contribution in [2.24, 2.45) is 11.8 Å². The summed E-state index contributed by atoms with van der Waals surface area (Å²) in [7, 11) is 2.20. The minimum absolute atomic E-state index is 0.741. The number of thiol groups is 1. The molecular formula is C10H23NS. The molecule has 12 heavy (non-hydrogen) atoms. The van der Waals surface area contributed by atoms with E-state index in [9.17, 15) is 0 Å². The average molecular weight is 189 g/mol. The number of rotatable bonds is 6. The lowest BCUT2D eigenvalue weighted by Crippen LogP contribution is -2.30. The van der Waals surface area contributed by atoms with Gasteiger partial charge in [-0.05, 0) is 37.6 Å². The predicted octanol–water partition coefficient (Wildman–Crippen LogP) is 2.53. The Balaban J connectivity index is 3.69. The summed E-state index contributed by atoms with van der Waals surface area (Å²) in [5, 5.41) is 0. The Morgan fingerprint density at radius 3 is 2.25 bits per heavy atom. The summed E-state index contributed by atoms with van der Waals surface area (Å²) >= 11 is 4.37. The highest BCUT2D eigenvalue weighted by molar-refractivity contribution is 7.80. The molecule has 74 valence electrons. The molecule has 0 aromatic rings. The van der Waals surface area contributed by atoms with E-state index in [4.69, 9.17) is 0 Å². The van der Waals surface area contributed by atoms with Gasteiger partial charge in [0.2, 0.25) is 0 Å². The molecule has 0 saturated heterocycles. The Bertz CT molecular complexity index is 104. The standard InChI is InChI=1S/C10H23NS/c1-5-6-11(4)7-10(8-12)9(2)3/h9-10,12H,5-8H2,1-4H3. The summed E-state index contributed by atoms with van der Waals surface area (Å²) in [5.41, 5.74) is 0. The van der Waals surface area contributed by atoms with Gasteiger partial charge in [-0.1, -0.05) is 20.8 Å². The van der Waals surface area contributed by atoms with Gasteiger partial charge in [0.15, 0.2) is 0 Å². The fraction of sp³-hybridized carbons (Fsp3) is 1.00. The molecule has 0 aliphatic rings. The van der Waals surface area contributed by atoms with E-state index in [1.807, 2.05) is 0 Å². The fourth-order valence-corrected chi connectivity index (χ4v) is 1.89. The molecule has 0 rings (SSSR count). The molecule has 0 aliphatic heterocycles. The minimum Gasteiger partial charge on any atom is -0.306 e. The zero-order valence-electron chi connectivity index (χ0n) is 8.88. The second kappa shape index (κ2) is 6.79. The van der Waals surface area contributed by atoms with Gasteiger partial charge in [-0.15, -0.1) is 0 Å². The first-order valence-electron chi connectivity index (χ1n) is 4.91. The van der Waals surface area contributed by atoms with Crippen molar-refractivity contribution in [2.75, 3.05) is 25.9 Å². The van der Waals surface area contributed by atoms with Crippen molar-refractivity contribution in [3.63, 3.8) is 0 Å². The highest BCUT2D eigenvalue weighted by Gasteiger charge is 2.12. The molecule has 1 unspecified atom stereocenters. The van der Waals surface area contributed by atoms with Crippen LogP contribution < -0.4 is 0 Å². The van der Waals surface area contributed by atoms with Crippen molar-refractivity contribution in [3.05, 3.63) is 0 Å². The third-order valence-corrected chi connectivity index (χ3v) is 2.80. The van der Waals surface area contributed by atoms with Crippen molar-refractivity contribution in [1.29, 1.82) is 0 Å². The van der Waals surface area contributed by atoms with Gasteiger partial charge >= 0.3 is 0 Å². The van der Waals surface area contributed by atoms with E-state index in [-0.39, 0.29) is 0 Å². The topological polar surface area (TPSA) is 3.24 Å². The maximum Gasteiger partial charge on any atom is 0.00169 e. The van der Waals surface area contributed by atoms with Crippen LogP contribution in [-0.4, -0.2) is 30.8 Å². The third-order valence-electron chi connectivity index (χ3n) is 2.33. The van der Waals surface area contributed by atoms with Gasteiger partial charge in [0.05, 0.1) is 0 Å². The van der Waals surface area contributed by atoms with Crippen molar-refractivity contribution in [2.45, 2.75) is 27.2 Å². The van der Waals surface area contributed by atoms with E-state index in [1.54, 1.807) is 0 Å². The fourth-order valence-electron chi connectivity index (χ4n) is 1.35. The van der Waals surface area contributed by atoms with Gasteiger partial charge in [0, 0.05) is 6.54 Å². The molecule has 0 bridgehead atoms. The van der Waals surface area contributed by atoms with Crippen LogP contribution in [0.15, 0.2) is 0 Å². The first kappa shape index (κ1) is 12.3. The number of hydrogen-bond acceptors (Lipinski definition) is 2. The summed E-state index contributed by atoms with van der Waals surface area (Å²) in [6.45, 7) is 9.18. The predicted molar refractivity (Wildman–Crippen MR) is 60.0 cm³/mol. The Labute approximate surface area is 82.9 Å². The first-order valence-corrected chi connectivity index (χ1v) is 5.54. The molecule has 0 aromatic heterocycles. The molecule has 1 atom stereocenters. The van der Waals surface area contributed by atoms with E-state index in [0.29, 0.717) is 0 Å². The van der Waals surface area contributed by atoms with Gasteiger partial charge in [-0.2, -0.15) is 12.6 Å². The Morgan fingerprint density at radius 1 is 1.33 bits per heavy atom. The molecule has 0 radical (unpaired) electrons. The lowest BCUT2D eigenvalue weighted by atomic mass is 9.97. The van der Waals surface area contributed by atoms with Crippen LogP contribution >= 0.6 is 12.6 Å². The summed E-state index contributed by atoms with van der Waals surface area (Å²) in [6.07, 6.45) is 1.24. The van der Waals surface area contributed by atoms with E-state index in [0.717, 1.165) is 17.6 Å². The van der Waals surface area contributed by atoms with Crippen LogP contribution in [0.1, 0.15) is 27.2 Å². The summed E-state index contributed by atoms with van der Waals surface area (Å²) in [4.78, 5) is 2.40. The lowest BCUT2D eigenvalue weighted by Gasteiger charge is -2.25. The van der Waals surface area contributed by atoms with Gasteiger partial charge < -0.3 is 4.90 Å². The minimum atomic E-state index is 0.741. The molecular weight excluding hydrogens is 166 g/mol. The Kier molecular flexibility index (Phi) is 6.96. The second-order valence-electron chi connectivity index (χ2n) is 3.95. The van der Waals surface area contributed by atoms with Crippen LogP contribution in [0, 0.1) is 11.8 Å². The molecule has 1 nitrogen and oxygen atoms in total. The third kappa shape index (κ3) is 5.04. The molecule has 0 heterocycles. The van der Waals surface area contributed by atoms with E-state index < -0.39 is 0 Å². The van der Waals surface area contributed by atoms with Crippen molar-refractivity contribution in [1.82, 2.24) is 4.90 Å². The van der Waals surface area contributed by atoms with Gasteiger partial charge in [-0.25, -0.2) is 0 Å². The van der Waals surface area contributed by atoms with Crippen molar-refractivity contribution in [3.8, 4) is 0 Å². The smallest absolute Gasteiger partial charge is 0.00169 e. The summed E-state index contributed by atoms with van der Waals surface area (Å²) < 4.78 is 0. The Morgan fingerprint density at radius 2 is 1.92 bits per heavy atom. The van der Waals surface area contributed by atoms with E-state index in [1.165, 1.54) is 19.5 Å². The molecule has 0 fully saturated rings. The highest BCUT2D eigenvalue weighted by atomic mass is 32.1. The number of hydrogen-bond donors (Lipinski definition) is 1. The van der Waals surface area contributed by atoms with Crippen LogP contribution in [0.4, 0.5) is 0 Å².